The summed E-state index contributed by atoms with van der Waals surface area (Å²) in [5.74, 6) is -0.326. The Morgan fingerprint density at radius 1 is 1.26 bits per heavy atom. The van der Waals surface area contributed by atoms with Gasteiger partial charge in [0.25, 0.3) is 0 Å². The minimum absolute atomic E-state index is 0.0631. The Hall–Kier alpha value is -2.79. The van der Waals surface area contributed by atoms with Gasteiger partial charge in [0.2, 0.25) is 5.91 Å². The zero-order chi connectivity index (χ0) is 26.5. The van der Waals surface area contributed by atoms with E-state index in [4.69, 9.17) is 0 Å². The molecular formula is C30H37N5O2S. The first kappa shape index (κ1) is 26.8. The highest BCUT2D eigenvalue weighted by molar-refractivity contribution is 7.87. The lowest BCUT2D eigenvalue weighted by Crippen LogP contribution is -2.53. The van der Waals surface area contributed by atoms with Gasteiger partial charge in [-0.3, -0.25) is 24.9 Å². The van der Waals surface area contributed by atoms with Gasteiger partial charge in [0.05, 0.1) is 17.7 Å². The smallest absolute Gasteiger partial charge is 0.238 e. The topological polar surface area (TPSA) is 92.5 Å². The number of amides is 1. The molecule has 8 heteroatoms. The third kappa shape index (κ3) is 5.49. The molecule has 2 fully saturated rings. The molecule has 1 saturated carbocycles. The first-order valence-corrected chi connectivity index (χ1v) is 14.9. The van der Waals surface area contributed by atoms with Crippen molar-refractivity contribution < 1.29 is 9.90 Å². The fourth-order valence-corrected chi connectivity index (χ4v) is 6.93. The van der Waals surface area contributed by atoms with Gasteiger partial charge >= 0.3 is 0 Å². The van der Waals surface area contributed by atoms with Gasteiger partial charge in [0.1, 0.15) is 11.6 Å². The highest BCUT2D eigenvalue weighted by atomic mass is 32.1. The number of pyridine rings is 1. The number of likely N-dealkylation sites (tertiary alicyclic amines) is 1. The van der Waals surface area contributed by atoms with E-state index >= 15 is 0 Å². The van der Waals surface area contributed by atoms with E-state index in [0.717, 1.165) is 62.2 Å². The molecule has 0 bridgehead atoms. The number of aliphatic hydroxyl groups excluding tert-OH is 1. The molecule has 0 spiro atoms. The van der Waals surface area contributed by atoms with Crippen LogP contribution in [0, 0.1) is 28.4 Å². The predicted octanol–water partition coefficient (Wildman–Crippen LogP) is 3.91. The molecule has 3 aliphatic heterocycles. The van der Waals surface area contributed by atoms with Crippen LogP contribution in [0.15, 0.2) is 60.1 Å². The average molecular weight is 532 g/mol. The summed E-state index contributed by atoms with van der Waals surface area (Å²) < 4.78 is 0. The van der Waals surface area contributed by atoms with E-state index in [2.05, 4.69) is 26.5 Å². The number of hydrogen-bond acceptors (Lipinski definition) is 6. The van der Waals surface area contributed by atoms with Crippen LogP contribution in [0.4, 0.5) is 0 Å². The van der Waals surface area contributed by atoms with E-state index in [1.54, 1.807) is 22.3 Å². The van der Waals surface area contributed by atoms with Crippen LogP contribution < -0.4 is 5.32 Å². The van der Waals surface area contributed by atoms with Gasteiger partial charge in [-0.1, -0.05) is 30.2 Å². The summed E-state index contributed by atoms with van der Waals surface area (Å²) in [6, 6.07) is 8.48. The largest absolute Gasteiger partial charge is 0.378 e. The van der Waals surface area contributed by atoms with Crippen molar-refractivity contribution in [3.63, 3.8) is 0 Å². The first-order valence-electron chi connectivity index (χ1n) is 13.7. The minimum Gasteiger partial charge on any atom is -0.378 e. The van der Waals surface area contributed by atoms with Gasteiger partial charge in [-0.2, -0.15) is 5.26 Å². The average Bonchev–Trinajstić information content (AvgIpc) is 2.96. The molecule has 7 nitrogen and oxygen atoms in total. The molecule has 1 amide bonds. The second kappa shape index (κ2) is 11.9. The predicted molar refractivity (Wildman–Crippen MR) is 150 cm³/mol. The number of nitrogens with one attached hydrogen (secondary N) is 1. The molecule has 3 unspecified atom stereocenters. The highest BCUT2D eigenvalue weighted by Crippen LogP contribution is 2.37. The summed E-state index contributed by atoms with van der Waals surface area (Å²) in [5.41, 5.74) is 2.37. The van der Waals surface area contributed by atoms with Crippen molar-refractivity contribution in [2.75, 3.05) is 25.9 Å². The lowest BCUT2D eigenvalue weighted by Gasteiger charge is -2.41. The number of hydrogen-bond donors (Lipinski definition) is 2. The quantitative estimate of drug-likeness (QED) is 0.541. The maximum absolute atomic E-state index is 13.5. The number of carbonyl (C=O) groups excluding carboxylic acids is 1. The number of nitrogens with zero attached hydrogens (tertiary/aromatic N) is 4. The Labute approximate surface area is 229 Å². The molecule has 1 aromatic rings. The second-order valence-electron chi connectivity index (χ2n) is 10.8. The molecule has 4 heterocycles. The molecule has 1 aliphatic carbocycles. The summed E-state index contributed by atoms with van der Waals surface area (Å²) in [4.78, 5) is 22.1. The van der Waals surface area contributed by atoms with E-state index in [1.165, 1.54) is 6.42 Å². The molecule has 1 saturated heterocycles. The number of nitriles is 1. The Morgan fingerprint density at radius 2 is 2.08 bits per heavy atom. The number of allylic oxidation sites excluding steroid dienone is 3. The van der Waals surface area contributed by atoms with E-state index < -0.39 is 17.6 Å². The summed E-state index contributed by atoms with van der Waals surface area (Å²) >= 11 is 1.61. The zero-order valence-electron chi connectivity index (χ0n) is 22.1. The molecule has 4 atom stereocenters. The summed E-state index contributed by atoms with van der Waals surface area (Å²) in [6.45, 7) is 2.28. The van der Waals surface area contributed by atoms with E-state index in [1.807, 2.05) is 48.9 Å². The molecule has 1 aromatic heterocycles. The summed E-state index contributed by atoms with van der Waals surface area (Å²) in [7, 11) is 0. The van der Waals surface area contributed by atoms with Crippen molar-refractivity contribution in [2.24, 2.45) is 11.8 Å². The SMILES string of the molecule is CS#CC1CCCC[C@@H]1NC(O)C1CC(CN2CCC(C#N)(c3ccccn3)CC2)=C2C=CC=CN2C1=O. The number of aliphatic hydroxyl groups is 1. The van der Waals surface area contributed by atoms with Crippen molar-refractivity contribution in [3.05, 3.63) is 65.8 Å². The third-order valence-corrected chi connectivity index (χ3v) is 9.08. The van der Waals surface area contributed by atoms with Crippen molar-refractivity contribution in [1.29, 1.82) is 5.26 Å². The molecule has 0 radical (unpaired) electrons. The summed E-state index contributed by atoms with van der Waals surface area (Å²) in [5, 5.41) is 28.2. The molecular weight excluding hydrogens is 494 g/mol. The molecule has 2 N–H and O–H groups in total. The van der Waals surface area contributed by atoms with Crippen LogP contribution in [-0.2, 0) is 10.2 Å². The van der Waals surface area contributed by atoms with Gasteiger partial charge in [-0.25, -0.2) is 0 Å². The van der Waals surface area contributed by atoms with Gasteiger partial charge in [-0.05, 0) is 62.0 Å². The van der Waals surface area contributed by atoms with Crippen molar-refractivity contribution in [3.8, 4) is 11.3 Å². The van der Waals surface area contributed by atoms with Gasteiger partial charge < -0.3 is 5.11 Å². The maximum atomic E-state index is 13.5. The maximum Gasteiger partial charge on any atom is 0.238 e. The van der Waals surface area contributed by atoms with Crippen LogP contribution in [0.1, 0.15) is 50.6 Å². The Balaban J connectivity index is 1.30. The number of rotatable bonds is 6. The van der Waals surface area contributed by atoms with Crippen LogP contribution >= 0.6 is 11.2 Å². The highest BCUT2D eigenvalue weighted by Gasteiger charge is 2.41. The number of fused-ring (bicyclic) bond motifs is 1. The van der Waals surface area contributed by atoms with Crippen LogP contribution in [-0.4, -0.2) is 64.0 Å². The fraction of sp³-hybridized carbons (Fsp3) is 0.533. The zero-order valence-corrected chi connectivity index (χ0v) is 22.9. The Kier molecular flexibility index (Phi) is 8.42. The van der Waals surface area contributed by atoms with E-state index in [9.17, 15) is 15.2 Å². The molecule has 200 valence electrons. The van der Waals surface area contributed by atoms with Crippen LogP contribution in [0.25, 0.3) is 0 Å². The first-order chi connectivity index (χ1) is 18.5. The fourth-order valence-electron chi connectivity index (χ4n) is 6.34. The lowest BCUT2D eigenvalue weighted by molar-refractivity contribution is -0.137. The van der Waals surface area contributed by atoms with Gasteiger partial charge in [-0.15, -0.1) is 11.2 Å². The van der Waals surface area contributed by atoms with Crippen LogP contribution in [0.5, 0.6) is 0 Å². The number of piperidine rings is 1. The van der Waals surface area contributed by atoms with Crippen LogP contribution in [0.3, 0.4) is 0 Å². The number of aromatic nitrogens is 1. The minimum atomic E-state index is -0.913. The molecule has 5 rings (SSSR count). The standard InChI is InChI=1S/C30H37N5O2S/c1-38-20-22-8-2-3-9-25(22)33-28(36)24-18-23(26-10-5-7-15-35(26)29(24)37)19-34-16-12-30(21-31,13-17-34)27-11-4-6-14-32-27/h4-7,10-11,14-15,22,24-25,28,33,36H,2-3,8-9,12-13,16-19H2,1H3/t22?,24?,25-,28?/m0/s1. The van der Waals surface area contributed by atoms with Gasteiger partial charge in [0, 0.05) is 55.9 Å². The van der Waals surface area contributed by atoms with Crippen molar-refractivity contribution in [1.82, 2.24) is 20.1 Å². The van der Waals surface area contributed by atoms with Crippen LogP contribution in [0.2, 0.25) is 0 Å². The second-order valence-corrected chi connectivity index (χ2v) is 11.5. The molecule has 4 aliphatic rings. The van der Waals surface area contributed by atoms with E-state index in [0.29, 0.717) is 13.0 Å². The lowest BCUT2D eigenvalue weighted by atomic mass is 9.76. The van der Waals surface area contributed by atoms with Crippen molar-refractivity contribution in [2.45, 2.75) is 62.6 Å². The number of carbonyl (C=O) groups is 1. The normalized spacial score (nSPS) is 27.9. The Morgan fingerprint density at radius 3 is 2.82 bits per heavy atom. The van der Waals surface area contributed by atoms with Gasteiger partial charge in [0.15, 0.2) is 0 Å². The van der Waals surface area contributed by atoms with Crippen molar-refractivity contribution >= 4 is 17.1 Å². The molecule has 38 heavy (non-hydrogen) atoms. The summed E-state index contributed by atoms with van der Waals surface area (Å²) in [6.07, 6.45) is 16.8. The molecule has 0 aromatic carbocycles. The monoisotopic (exact) mass is 531 g/mol. The van der Waals surface area contributed by atoms with E-state index in [-0.39, 0.29) is 17.9 Å². The third-order valence-electron chi connectivity index (χ3n) is 8.54. The Bertz CT molecular complexity index is 1220.